The molecule has 1 aromatic heterocycles. The Balaban J connectivity index is 1.60. The molecule has 4 nitrogen and oxygen atoms in total. The number of benzene rings is 2. The summed E-state index contributed by atoms with van der Waals surface area (Å²) in [5.41, 5.74) is 4.95. The number of rotatable bonds is 4. The first-order valence-corrected chi connectivity index (χ1v) is 9.39. The average Bonchev–Trinajstić information content (AvgIpc) is 3.05. The zero-order chi connectivity index (χ0) is 18.8. The Kier molecular flexibility index (Phi) is 4.63. The van der Waals surface area contributed by atoms with E-state index in [2.05, 4.69) is 41.1 Å². The van der Waals surface area contributed by atoms with Gasteiger partial charge in [-0.25, -0.2) is 4.98 Å². The lowest BCUT2D eigenvalue weighted by Gasteiger charge is -2.25. The molecule has 2 heterocycles. The lowest BCUT2D eigenvalue weighted by Crippen LogP contribution is -2.31. The van der Waals surface area contributed by atoms with Crippen LogP contribution in [-0.2, 0) is 6.42 Å². The van der Waals surface area contributed by atoms with Crippen LogP contribution in [0.25, 0.3) is 0 Å². The molecule has 0 fully saturated rings. The summed E-state index contributed by atoms with van der Waals surface area (Å²) in [6, 6.07) is 22.4. The lowest BCUT2D eigenvalue weighted by molar-refractivity contribution is 0.0983. The van der Waals surface area contributed by atoms with Crippen molar-refractivity contribution in [3.05, 3.63) is 84.2 Å². The molecule has 1 atom stereocenters. The number of amides is 1. The lowest BCUT2D eigenvalue weighted by atomic mass is 10.1. The highest BCUT2D eigenvalue weighted by Gasteiger charge is 2.27. The molecule has 2 aromatic carbocycles. The van der Waals surface area contributed by atoms with E-state index < -0.39 is 0 Å². The zero-order valence-electron chi connectivity index (χ0n) is 15.7. The number of carbonyl (C=O) groups excluding carboxylic acids is 1. The third kappa shape index (κ3) is 3.19. The second-order valence-corrected chi connectivity index (χ2v) is 6.84. The van der Waals surface area contributed by atoms with Crippen molar-refractivity contribution in [2.45, 2.75) is 26.3 Å². The fourth-order valence-corrected chi connectivity index (χ4v) is 3.80. The number of pyridine rings is 1. The number of hydrogen-bond donors (Lipinski definition) is 0. The molecule has 0 aliphatic carbocycles. The van der Waals surface area contributed by atoms with Gasteiger partial charge in [-0.15, -0.1) is 0 Å². The second kappa shape index (κ2) is 7.23. The maximum Gasteiger partial charge on any atom is 0.276 e. The molecule has 1 aliphatic heterocycles. The van der Waals surface area contributed by atoms with Gasteiger partial charge >= 0.3 is 0 Å². The van der Waals surface area contributed by atoms with Crippen LogP contribution in [0.4, 0.5) is 17.1 Å². The first-order valence-electron chi connectivity index (χ1n) is 9.39. The quantitative estimate of drug-likeness (QED) is 0.671. The monoisotopic (exact) mass is 357 g/mol. The number of nitrogens with zero attached hydrogens (tertiary/aromatic N) is 3. The molecule has 1 amide bonds. The van der Waals surface area contributed by atoms with E-state index >= 15 is 0 Å². The fraction of sp³-hybridized carbons (Fsp3) is 0.217. The van der Waals surface area contributed by atoms with E-state index in [1.165, 1.54) is 11.3 Å². The van der Waals surface area contributed by atoms with Crippen LogP contribution in [0.5, 0.6) is 0 Å². The smallest absolute Gasteiger partial charge is 0.276 e. The van der Waals surface area contributed by atoms with Crippen molar-refractivity contribution in [1.82, 2.24) is 4.98 Å². The molecule has 0 N–H and O–H groups in total. The highest BCUT2D eigenvalue weighted by Crippen LogP contribution is 2.37. The van der Waals surface area contributed by atoms with Crippen LogP contribution in [0, 0.1) is 0 Å². The molecule has 136 valence electrons. The maximum absolute atomic E-state index is 12.9. The first-order chi connectivity index (χ1) is 13.2. The number of fused-ring (bicyclic) bond motifs is 1. The summed E-state index contributed by atoms with van der Waals surface area (Å²) in [7, 11) is 0. The Hall–Kier alpha value is -3.14. The van der Waals surface area contributed by atoms with E-state index in [0.717, 1.165) is 17.8 Å². The molecule has 0 saturated heterocycles. The van der Waals surface area contributed by atoms with Crippen molar-refractivity contribution < 1.29 is 4.79 Å². The molecule has 1 aliphatic rings. The van der Waals surface area contributed by atoms with Crippen LogP contribution in [0.3, 0.4) is 0 Å². The second-order valence-electron chi connectivity index (χ2n) is 6.84. The van der Waals surface area contributed by atoms with Crippen LogP contribution in [0.2, 0.25) is 0 Å². The van der Waals surface area contributed by atoms with Gasteiger partial charge in [-0.05, 0) is 56.2 Å². The summed E-state index contributed by atoms with van der Waals surface area (Å²) >= 11 is 0. The SMILES string of the molecule is CCN(C(=O)c1ccc(N2c3ccccc3CC2C)cn1)c1ccccc1. The Morgan fingerprint density at radius 3 is 2.52 bits per heavy atom. The van der Waals surface area contributed by atoms with Crippen molar-refractivity contribution >= 4 is 23.0 Å². The summed E-state index contributed by atoms with van der Waals surface area (Å²) in [6.45, 7) is 4.79. The number of para-hydroxylation sites is 2. The number of hydrogen-bond acceptors (Lipinski definition) is 3. The minimum absolute atomic E-state index is 0.0786. The van der Waals surface area contributed by atoms with Crippen molar-refractivity contribution in [3.8, 4) is 0 Å². The Morgan fingerprint density at radius 1 is 1.07 bits per heavy atom. The number of anilines is 3. The fourth-order valence-electron chi connectivity index (χ4n) is 3.80. The van der Waals surface area contributed by atoms with Gasteiger partial charge in [-0.1, -0.05) is 36.4 Å². The van der Waals surface area contributed by atoms with Gasteiger partial charge < -0.3 is 9.80 Å². The molecule has 0 bridgehead atoms. The first kappa shape index (κ1) is 17.3. The van der Waals surface area contributed by atoms with Crippen molar-refractivity contribution in [1.29, 1.82) is 0 Å². The largest absolute Gasteiger partial charge is 0.337 e. The van der Waals surface area contributed by atoms with E-state index in [-0.39, 0.29) is 5.91 Å². The van der Waals surface area contributed by atoms with Crippen molar-refractivity contribution in [3.63, 3.8) is 0 Å². The van der Waals surface area contributed by atoms with E-state index in [0.29, 0.717) is 18.3 Å². The summed E-state index contributed by atoms with van der Waals surface area (Å²) in [6.07, 6.45) is 2.83. The van der Waals surface area contributed by atoms with Gasteiger partial charge in [0.15, 0.2) is 0 Å². The van der Waals surface area contributed by atoms with Gasteiger partial charge in [0.05, 0.1) is 11.9 Å². The normalized spacial score (nSPS) is 15.5. The van der Waals surface area contributed by atoms with Crippen LogP contribution in [-0.4, -0.2) is 23.5 Å². The Bertz CT molecular complexity index is 937. The van der Waals surface area contributed by atoms with Crippen LogP contribution < -0.4 is 9.80 Å². The number of carbonyl (C=O) groups is 1. The van der Waals surface area contributed by atoms with Gasteiger partial charge in [0, 0.05) is 24.0 Å². The highest BCUT2D eigenvalue weighted by atomic mass is 16.2. The molecule has 0 radical (unpaired) electrons. The van der Waals surface area contributed by atoms with Gasteiger partial charge in [-0.3, -0.25) is 4.79 Å². The minimum atomic E-state index is -0.0786. The van der Waals surface area contributed by atoms with Gasteiger partial charge in [0.25, 0.3) is 5.91 Å². The van der Waals surface area contributed by atoms with Crippen molar-refractivity contribution in [2.24, 2.45) is 0 Å². The summed E-state index contributed by atoms with van der Waals surface area (Å²) < 4.78 is 0. The molecule has 4 heteroatoms. The van der Waals surface area contributed by atoms with E-state index in [1.54, 1.807) is 4.90 Å². The molecule has 0 saturated carbocycles. The zero-order valence-corrected chi connectivity index (χ0v) is 15.7. The third-order valence-electron chi connectivity index (χ3n) is 5.08. The number of aromatic nitrogens is 1. The predicted molar refractivity (Wildman–Crippen MR) is 110 cm³/mol. The third-order valence-corrected chi connectivity index (χ3v) is 5.08. The predicted octanol–water partition coefficient (Wildman–Crippen LogP) is 4.83. The molecule has 0 spiro atoms. The van der Waals surface area contributed by atoms with E-state index in [9.17, 15) is 4.79 Å². The van der Waals surface area contributed by atoms with Crippen LogP contribution >= 0.6 is 0 Å². The molecular weight excluding hydrogens is 334 g/mol. The Labute approximate surface area is 160 Å². The minimum Gasteiger partial charge on any atom is -0.337 e. The topological polar surface area (TPSA) is 36.4 Å². The van der Waals surface area contributed by atoms with Gasteiger partial charge in [-0.2, -0.15) is 0 Å². The van der Waals surface area contributed by atoms with Crippen LogP contribution in [0.15, 0.2) is 72.9 Å². The summed E-state index contributed by atoms with van der Waals surface area (Å²) in [5, 5.41) is 0. The van der Waals surface area contributed by atoms with Crippen LogP contribution in [0.1, 0.15) is 29.9 Å². The molecule has 4 rings (SSSR count). The summed E-state index contributed by atoms with van der Waals surface area (Å²) in [4.78, 5) is 21.5. The highest BCUT2D eigenvalue weighted by molar-refractivity contribution is 6.04. The molecule has 1 unspecified atom stereocenters. The maximum atomic E-state index is 12.9. The Morgan fingerprint density at radius 2 is 1.81 bits per heavy atom. The molecule has 27 heavy (non-hydrogen) atoms. The molecular formula is C23H23N3O. The van der Waals surface area contributed by atoms with Gasteiger partial charge in [0.1, 0.15) is 5.69 Å². The molecule has 3 aromatic rings. The standard InChI is InChI=1S/C23H23N3O/c1-3-25(19-10-5-4-6-11-19)23(27)21-14-13-20(16-24-21)26-17(2)15-18-9-7-8-12-22(18)26/h4-14,16-17H,3,15H2,1-2H3. The summed E-state index contributed by atoms with van der Waals surface area (Å²) in [5.74, 6) is -0.0786. The van der Waals surface area contributed by atoms with E-state index in [1.807, 2.05) is 55.6 Å². The van der Waals surface area contributed by atoms with Crippen molar-refractivity contribution in [2.75, 3.05) is 16.3 Å². The average molecular weight is 357 g/mol. The van der Waals surface area contributed by atoms with E-state index in [4.69, 9.17) is 0 Å². The van der Waals surface area contributed by atoms with Gasteiger partial charge in [0.2, 0.25) is 0 Å².